The molecule has 0 spiro atoms. The van der Waals surface area contributed by atoms with E-state index in [0.29, 0.717) is 29.9 Å². The predicted molar refractivity (Wildman–Crippen MR) is 117 cm³/mol. The van der Waals surface area contributed by atoms with Crippen LogP contribution in [0.15, 0.2) is 29.2 Å². The van der Waals surface area contributed by atoms with Crippen LogP contribution in [0.3, 0.4) is 0 Å². The number of aromatic nitrogens is 1. The van der Waals surface area contributed by atoms with Gasteiger partial charge >= 0.3 is 0 Å². The van der Waals surface area contributed by atoms with E-state index in [4.69, 9.17) is 0 Å². The Morgan fingerprint density at radius 1 is 1.30 bits per heavy atom. The van der Waals surface area contributed by atoms with E-state index >= 15 is 0 Å². The number of nitrogens with one attached hydrogen (secondary N) is 1. The summed E-state index contributed by atoms with van der Waals surface area (Å²) in [7, 11) is 3.91. The maximum atomic E-state index is 13.9. The van der Waals surface area contributed by atoms with Gasteiger partial charge in [0.2, 0.25) is 5.43 Å². The summed E-state index contributed by atoms with van der Waals surface area (Å²) in [6, 6.07) is 4.17. The Morgan fingerprint density at radius 2 is 2.03 bits per heavy atom. The average molecular weight is 414 g/mol. The van der Waals surface area contributed by atoms with E-state index in [-0.39, 0.29) is 33.8 Å². The molecular formula is C24H32FN3O2. The lowest BCUT2D eigenvalue weighted by molar-refractivity contribution is 0.0736. The first-order chi connectivity index (χ1) is 14.0. The number of hydrogen-bond acceptors (Lipinski definition) is 3. The summed E-state index contributed by atoms with van der Waals surface area (Å²) in [4.78, 5) is 28.5. The smallest absolute Gasteiger partial charge is 0.257 e. The van der Waals surface area contributed by atoms with Gasteiger partial charge in [-0.1, -0.05) is 20.8 Å². The zero-order valence-corrected chi connectivity index (χ0v) is 18.6. The van der Waals surface area contributed by atoms with Crippen molar-refractivity contribution in [3.8, 4) is 0 Å². The normalized spacial score (nSPS) is 27.2. The topological polar surface area (TPSA) is 54.3 Å². The number of carbonyl (C=O) groups is 1. The summed E-state index contributed by atoms with van der Waals surface area (Å²) >= 11 is 0. The molecule has 6 heteroatoms. The molecule has 4 rings (SSSR count). The molecule has 5 nitrogen and oxygen atoms in total. The fraction of sp³-hybridized carbons (Fsp3) is 0.583. The molecule has 2 aliphatic rings. The monoisotopic (exact) mass is 413 g/mol. The second-order valence-corrected chi connectivity index (χ2v) is 10.4. The highest BCUT2D eigenvalue weighted by molar-refractivity contribution is 5.97. The second kappa shape index (κ2) is 7.19. The second-order valence-electron chi connectivity index (χ2n) is 10.4. The van der Waals surface area contributed by atoms with Crippen LogP contribution in [0.4, 0.5) is 4.39 Å². The molecule has 1 unspecified atom stereocenters. The van der Waals surface area contributed by atoms with E-state index < -0.39 is 5.82 Å². The highest BCUT2D eigenvalue weighted by atomic mass is 19.1. The van der Waals surface area contributed by atoms with Crippen molar-refractivity contribution >= 4 is 16.8 Å². The third-order valence-corrected chi connectivity index (χ3v) is 7.62. The average Bonchev–Trinajstić information content (AvgIpc) is 3.15. The quantitative estimate of drug-likeness (QED) is 0.814. The van der Waals surface area contributed by atoms with Gasteiger partial charge in [0.05, 0.1) is 5.52 Å². The van der Waals surface area contributed by atoms with E-state index in [9.17, 15) is 14.0 Å². The van der Waals surface area contributed by atoms with Crippen LogP contribution in [0.25, 0.3) is 10.9 Å². The molecule has 162 valence electrons. The van der Waals surface area contributed by atoms with Gasteiger partial charge in [-0.3, -0.25) is 9.59 Å². The molecule has 30 heavy (non-hydrogen) atoms. The molecular weight excluding hydrogens is 381 g/mol. The molecule has 1 aromatic carbocycles. The minimum absolute atomic E-state index is 0.00653. The van der Waals surface area contributed by atoms with E-state index in [1.165, 1.54) is 24.6 Å². The highest BCUT2D eigenvalue weighted by Crippen LogP contribution is 2.62. The fourth-order valence-corrected chi connectivity index (χ4v) is 5.89. The lowest BCUT2D eigenvalue weighted by Gasteiger charge is -2.43. The number of likely N-dealkylation sites (N-methyl/N-ethyl adjacent to an activating group) is 1. The highest BCUT2D eigenvalue weighted by Gasteiger charge is 2.59. The van der Waals surface area contributed by atoms with E-state index in [2.05, 4.69) is 26.1 Å². The van der Waals surface area contributed by atoms with Gasteiger partial charge in [-0.25, -0.2) is 4.39 Å². The predicted octanol–water partition coefficient (Wildman–Crippen LogP) is 3.65. The van der Waals surface area contributed by atoms with Crippen LogP contribution in [0.1, 0.15) is 50.4 Å². The molecule has 0 radical (unpaired) electrons. The summed E-state index contributed by atoms with van der Waals surface area (Å²) in [6.07, 6.45) is 5.03. The number of nitrogens with zero attached hydrogens (tertiary/aromatic N) is 2. The van der Waals surface area contributed by atoms with Crippen molar-refractivity contribution < 1.29 is 9.18 Å². The number of carbonyl (C=O) groups excluding carboxylic acids is 1. The number of rotatable bonds is 5. The number of benzene rings is 1. The van der Waals surface area contributed by atoms with Crippen LogP contribution in [-0.2, 0) is 6.54 Å². The minimum atomic E-state index is -0.394. The van der Waals surface area contributed by atoms with Crippen molar-refractivity contribution in [2.45, 2.75) is 52.6 Å². The lowest BCUT2D eigenvalue weighted by atomic mass is 9.68. The molecule has 2 saturated carbocycles. The molecule has 2 aromatic rings. The largest absolute Gasteiger partial charge is 0.348 e. The molecule has 1 aromatic heterocycles. The molecule has 2 fully saturated rings. The summed E-state index contributed by atoms with van der Waals surface area (Å²) in [5.41, 5.74) is 0.399. The zero-order chi connectivity index (χ0) is 21.8. The lowest BCUT2D eigenvalue weighted by Crippen LogP contribution is -2.53. The molecule has 2 aliphatic carbocycles. The number of halogens is 1. The molecule has 1 heterocycles. The van der Waals surface area contributed by atoms with E-state index in [0.717, 1.165) is 12.8 Å². The van der Waals surface area contributed by atoms with Crippen LogP contribution in [0.2, 0.25) is 0 Å². The number of amides is 1. The molecule has 1 N–H and O–H groups in total. The summed E-state index contributed by atoms with van der Waals surface area (Å²) in [5.74, 6) is -0.116. The van der Waals surface area contributed by atoms with Gasteiger partial charge in [0.25, 0.3) is 5.91 Å². The van der Waals surface area contributed by atoms with E-state index in [1.54, 1.807) is 6.20 Å². The Kier molecular flexibility index (Phi) is 5.04. The van der Waals surface area contributed by atoms with Gasteiger partial charge < -0.3 is 14.8 Å². The first-order valence-electron chi connectivity index (χ1n) is 10.8. The van der Waals surface area contributed by atoms with Crippen molar-refractivity contribution in [3.63, 3.8) is 0 Å². The standard InChI is InChI=1S/C24H32FN3O2/c1-23(2)15-8-9-24(3,13-15)22(23)26-21(30)18-14-28(11-10-27(4)5)19-12-16(25)6-7-17(19)20(18)29/h6-7,12,14-15,22H,8-11,13H2,1-5H3,(H,26,30)/t15?,22-,24-/m1/s1. The number of fused-ring (bicyclic) bond motifs is 3. The summed E-state index contributed by atoms with van der Waals surface area (Å²) < 4.78 is 15.7. The third-order valence-electron chi connectivity index (χ3n) is 7.62. The van der Waals surface area contributed by atoms with Gasteiger partial charge in [-0.15, -0.1) is 0 Å². The van der Waals surface area contributed by atoms with Crippen molar-refractivity contribution in [2.24, 2.45) is 16.7 Å². The van der Waals surface area contributed by atoms with Gasteiger partial charge in [0.15, 0.2) is 0 Å². The number of hydrogen-bond donors (Lipinski definition) is 1. The Bertz CT molecular complexity index is 1050. The summed E-state index contributed by atoms with van der Waals surface area (Å²) in [6.45, 7) is 7.98. The summed E-state index contributed by atoms with van der Waals surface area (Å²) in [5, 5.41) is 3.61. The zero-order valence-electron chi connectivity index (χ0n) is 18.6. The Morgan fingerprint density at radius 3 is 2.67 bits per heavy atom. The van der Waals surface area contributed by atoms with Crippen molar-refractivity contribution in [1.82, 2.24) is 14.8 Å². The first kappa shape index (κ1) is 21.0. The van der Waals surface area contributed by atoms with Gasteiger partial charge in [0.1, 0.15) is 11.4 Å². The fourth-order valence-electron chi connectivity index (χ4n) is 5.89. The maximum absolute atomic E-state index is 13.9. The molecule has 0 aliphatic heterocycles. The molecule has 0 saturated heterocycles. The van der Waals surface area contributed by atoms with Crippen LogP contribution in [0, 0.1) is 22.6 Å². The van der Waals surface area contributed by atoms with E-state index in [1.807, 2.05) is 23.6 Å². The first-order valence-corrected chi connectivity index (χ1v) is 10.8. The Labute approximate surface area is 177 Å². The molecule has 2 bridgehead atoms. The third kappa shape index (κ3) is 3.35. The van der Waals surface area contributed by atoms with Crippen molar-refractivity contribution in [3.05, 3.63) is 46.0 Å². The van der Waals surface area contributed by atoms with Gasteiger partial charge in [-0.05, 0) is 68.3 Å². The van der Waals surface area contributed by atoms with Crippen LogP contribution in [-0.4, -0.2) is 42.1 Å². The maximum Gasteiger partial charge on any atom is 0.257 e. The SMILES string of the molecule is CN(C)CCn1cc(C(=O)N[C@@H]2C(C)(C)C3CC[C@]2(C)C3)c(=O)c2ccc(F)cc21. The Hall–Kier alpha value is -2.21. The van der Waals surface area contributed by atoms with Gasteiger partial charge in [-0.2, -0.15) is 0 Å². The molecule has 3 atom stereocenters. The Balaban J connectivity index is 1.73. The van der Waals surface area contributed by atoms with Crippen molar-refractivity contribution in [2.75, 3.05) is 20.6 Å². The molecule has 1 amide bonds. The van der Waals surface area contributed by atoms with Crippen LogP contribution >= 0.6 is 0 Å². The van der Waals surface area contributed by atoms with Crippen LogP contribution < -0.4 is 10.7 Å². The van der Waals surface area contributed by atoms with Crippen LogP contribution in [0.5, 0.6) is 0 Å². The van der Waals surface area contributed by atoms with Gasteiger partial charge in [0, 0.05) is 30.7 Å². The number of pyridine rings is 1. The van der Waals surface area contributed by atoms with Crippen molar-refractivity contribution in [1.29, 1.82) is 0 Å². The minimum Gasteiger partial charge on any atom is -0.348 e.